The minimum absolute atomic E-state index is 0.932. The number of thiophene rings is 1. The summed E-state index contributed by atoms with van der Waals surface area (Å²) in [5.41, 5.74) is 2.58. The molecule has 0 amide bonds. The second kappa shape index (κ2) is 4.35. The molecule has 72 valence electrons. The van der Waals surface area contributed by atoms with Crippen molar-refractivity contribution >= 4 is 11.3 Å². The maximum atomic E-state index is 4.01. The maximum absolute atomic E-state index is 4.01. The molecule has 2 heterocycles. The Labute approximate surface area is 87.6 Å². The first kappa shape index (κ1) is 9.37. The highest BCUT2D eigenvalue weighted by atomic mass is 32.1. The Bertz CT molecular complexity index is 395. The van der Waals surface area contributed by atoms with Crippen LogP contribution in [0, 0.1) is 0 Å². The summed E-state index contributed by atoms with van der Waals surface area (Å²) >= 11 is 1.77. The monoisotopic (exact) mass is 204 g/mol. The number of aromatic nitrogens is 1. The lowest BCUT2D eigenvalue weighted by atomic mass is 10.2. The smallest absolute Gasteiger partial charge is 0.0347 e. The molecule has 1 N–H and O–H groups in total. The molecular formula is C11H12N2S. The van der Waals surface area contributed by atoms with Crippen LogP contribution in [0.15, 0.2) is 36.0 Å². The summed E-state index contributed by atoms with van der Waals surface area (Å²) < 4.78 is 0. The molecule has 2 aromatic rings. The average molecular weight is 204 g/mol. The molecular weight excluding hydrogens is 192 g/mol. The van der Waals surface area contributed by atoms with E-state index in [4.69, 9.17) is 0 Å². The van der Waals surface area contributed by atoms with Crippen molar-refractivity contribution in [3.63, 3.8) is 0 Å². The van der Waals surface area contributed by atoms with Crippen LogP contribution < -0.4 is 5.32 Å². The molecule has 0 bridgehead atoms. The van der Waals surface area contributed by atoms with Gasteiger partial charge in [0, 0.05) is 23.8 Å². The van der Waals surface area contributed by atoms with Crippen molar-refractivity contribution in [1.29, 1.82) is 0 Å². The molecule has 0 aliphatic heterocycles. The highest BCUT2D eigenvalue weighted by molar-refractivity contribution is 7.13. The third kappa shape index (κ3) is 2.00. The van der Waals surface area contributed by atoms with E-state index >= 15 is 0 Å². The molecule has 2 aromatic heterocycles. The van der Waals surface area contributed by atoms with Gasteiger partial charge in [0.25, 0.3) is 0 Å². The molecule has 0 aliphatic rings. The van der Waals surface area contributed by atoms with Crippen LogP contribution in [0.2, 0.25) is 0 Å². The van der Waals surface area contributed by atoms with E-state index < -0.39 is 0 Å². The van der Waals surface area contributed by atoms with E-state index in [1.165, 1.54) is 16.0 Å². The number of nitrogens with one attached hydrogen (secondary N) is 1. The first-order valence-electron chi connectivity index (χ1n) is 4.52. The van der Waals surface area contributed by atoms with Gasteiger partial charge in [0.15, 0.2) is 0 Å². The summed E-state index contributed by atoms with van der Waals surface area (Å²) in [6.45, 7) is 0.932. The summed E-state index contributed by atoms with van der Waals surface area (Å²) in [5.74, 6) is 0. The Morgan fingerprint density at radius 3 is 2.86 bits per heavy atom. The SMILES string of the molecule is CNCc1csc(-c2ccncc2)c1. The van der Waals surface area contributed by atoms with Gasteiger partial charge in [-0.25, -0.2) is 0 Å². The predicted octanol–water partition coefficient (Wildman–Crippen LogP) is 2.53. The summed E-state index contributed by atoms with van der Waals surface area (Å²) in [5, 5.41) is 5.33. The van der Waals surface area contributed by atoms with E-state index in [0.29, 0.717) is 0 Å². The standard InChI is InChI=1S/C11H12N2S/c1-12-7-9-6-11(14-8-9)10-2-4-13-5-3-10/h2-6,8,12H,7H2,1H3. The number of nitrogens with zero attached hydrogens (tertiary/aromatic N) is 1. The average Bonchev–Trinajstić information content (AvgIpc) is 2.68. The fourth-order valence-electron chi connectivity index (χ4n) is 1.34. The molecule has 2 rings (SSSR count). The number of hydrogen-bond donors (Lipinski definition) is 1. The van der Waals surface area contributed by atoms with Gasteiger partial charge in [-0.3, -0.25) is 4.98 Å². The van der Waals surface area contributed by atoms with Crippen LogP contribution in [0.5, 0.6) is 0 Å². The summed E-state index contributed by atoms with van der Waals surface area (Å²) in [6.07, 6.45) is 3.65. The molecule has 2 nitrogen and oxygen atoms in total. The second-order valence-electron chi connectivity index (χ2n) is 3.09. The van der Waals surface area contributed by atoms with Gasteiger partial charge >= 0.3 is 0 Å². The third-order valence-corrected chi connectivity index (χ3v) is 3.03. The predicted molar refractivity (Wildman–Crippen MR) is 60.3 cm³/mol. The zero-order valence-corrected chi connectivity index (χ0v) is 8.84. The van der Waals surface area contributed by atoms with Crippen molar-refractivity contribution in [2.45, 2.75) is 6.54 Å². The molecule has 0 unspecified atom stereocenters. The van der Waals surface area contributed by atoms with Gasteiger partial charge < -0.3 is 5.32 Å². The van der Waals surface area contributed by atoms with Gasteiger partial charge in [-0.2, -0.15) is 0 Å². The van der Waals surface area contributed by atoms with Crippen molar-refractivity contribution in [2.24, 2.45) is 0 Å². The Morgan fingerprint density at radius 1 is 1.36 bits per heavy atom. The molecule has 0 radical (unpaired) electrons. The van der Waals surface area contributed by atoms with Crippen LogP contribution in [0.1, 0.15) is 5.56 Å². The molecule has 14 heavy (non-hydrogen) atoms. The zero-order chi connectivity index (χ0) is 9.80. The Hall–Kier alpha value is -1.19. The van der Waals surface area contributed by atoms with Gasteiger partial charge in [0.2, 0.25) is 0 Å². The summed E-state index contributed by atoms with van der Waals surface area (Å²) in [7, 11) is 1.96. The molecule has 0 atom stereocenters. The lowest BCUT2D eigenvalue weighted by Crippen LogP contribution is -2.03. The summed E-state index contributed by atoms with van der Waals surface area (Å²) in [6, 6.07) is 6.29. The molecule has 0 aromatic carbocycles. The highest BCUT2D eigenvalue weighted by Crippen LogP contribution is 2.26. The normalized spacial score (nSPS) is 10.4. The van der Waals surface area contributed by atoms with Crippen LogP contribution in [0.25, 0.3) is 10.4 Å². The highest BCUT2D eigenvalue weighted by Gasteiger charge is 2.00. The van der Waals surface area contributed by atoms with Crippen molar-refractivity contribution in [2.75, 3.05) is 7.05 Å². The molecule has 3 heteroatoms. The van der Waals surface area contributed by atoms with Gasteiger partial charge in [-0.1, -0.05) is 0 Å². The van der Waals surface area contributed by atoms with Crippen molar-refractivity contribution in [3.8, 4) is 10.4 Å². The number of rotatable bonds is 3. The Morgan fingerprint density at radius 2 is 2.14 bits per heavy atom. The quantitative estimate of drug-likeness (QED) is 0.831. The van der Waals surface area contributed by atoms with E-state index in [1.807, 2.05) is 31.6 Å². The van der Waals surface area contributed by atoms with Gasteiger partial charge in [-0.05, 0) is 41.8 Å². The molecule has 0 saturated carbocycles. The molecule has 0 saturated heterocycles. The van der Waals surface area contributed by atoms with Crippen molar-refractivity contribution in [1.82, 2.24) is 10.3 Å². The fourth-order valence-corrected chi connectivity index (χ4v) is 2.26. The lowest BCUT2D eigenvalue weighted by Gasteiger charge is -1.94. The topological polar surface area (TPSA) is 24.9 Å². The Kier molecular flexibility index (Phi) is 2.91. The van der Waals surface area contributed by atoms with E-state index in [1.54, 1.807) is 11.3 Å². The first-order valence-corrected chi connectivity index (χ1v) is 5.40. The van der Waals surface area contributed by atoms with E-state index in [-0.39, 0.29) is 0 Å². The largest absolute Gasteiger partial charge is 0.316 e. The maximum Gasteiger partial charge on any atom is 0.0347 e. The number of hydrogen-bond acceptors (Lipinski definition) is 3. The van der Waals surface area contributed by atoms with E-state index in [9.17, 15) is 0 Å². The van der Waals surface area contributed by atoms with Crippen LogP contribution in [0.4, 0.5) is 0 Å². The minimum atomic E-state index is 0.932. The van der Waals surface area contributed by atoms with Crippen LogP contribution in [0.3, 0.4) is 0 Å². The van der Waals surface area contributed by atoms with Crippen LogP contribution in [-0.2, 0) is 6.54 Å². The van der Waals surface area contributed by atoms with Gasteiger partial charge in [0.1, 0.15) is 0 Å². The molecule has 0 aliphatic carbocycles. The van der Waals surface area contributed by atoms with Gasteiger partial charge in [-0.15, -0.1) is 11.3 Å². The van der Waals surface area contributed by atoms with E-state index in [0.717, 1.165) is 6.54 Å². The lowest BCUT2D eigenvalue weighted by molar-refractivity contribution is 0.821. The third-order valence-electron chi connectivity index (χ3n) is 2.00. The van der Waals surface area contributed by atoms with Crippen LogP contribution >= 0.6 is 11.3 Å². The first-order chi connectivity index (χ1) is 6.90. The fraction of sp³-hybridized carbons (Fsp3) is 0.182. The molecule has 0 spiro atoms. The number of pyridine rings is 1. The summed E-state index contributed by atoms with van der Waals surface area (Å²) in [4.78, 5) is 5.31. The second-order valence-corrected chi connectivity index (χ2v) is 4.00. The zero-order valence-electron chi connectivity index (χ0n) is 8.03. The van der Waals surface area contributed by atoms with Gasteiger partial charge in [0.05, 0.1) is 0 Å². The van der Waals surface area contributed by atoms with E-state index in [2.05, 4.69) is 21.7 Å². The minimum Gasteiger partial charge on any atom is -0.316 e. The van der Waals surface area contributed by atoms with Crippen molar-refractivity contribution in [3.05, 3.63) is 41.5 Å². The van der Waals surface area contributed by atoms with Crippen molar-refractivity contribution < 1.29 is 0 Å². The van der Waals surface area contributed by atoms with Crippen LogP contribution in [-0.4, -0.2) is 12.0 Å². The Balaban J connectivity index is 2.25. The molecule has 0 fully saturated rings.